The predicted molar refractivity (Wildman–Crippen MR) is 67.2 cm³/mol. The Morgan fingerprint density at radius 1 is 1.35 bits per heavy atom. The Bertz CT molecular complexity index is 367. The fraction of sp³-hybridized carbons (Fsp3) is 0.643. The number of halogens is 1. The quantitative estimate of drug-likeness (QED) is 0.869. The summed E-state index contributed by atoms with van der Waals surface area (Å²) in [6.45, 7) is 4.38. The average Bonchev–Trinajstić information content (AvgIpc) is 2.32. The van der Waals surface area contributed by atoms with E-state index in [1.807, 2.05) is 0 Å². The van der Waals surface area contributed by atoms with Crippen molar-refractivity contribution in [3.05, 3.63) is 29.8 Å². The summed E-state index contributed by atoms with van der Waals surface area (Å²) in [5, 5.41) is 3.61. The molecule has 3 atom stereocenters. The molecule has 1 aromatic heterocycles. The molecular weight excluding hydrogens is 215 g/mol. The fourth-order valence-corrected chi connectivity index (χ4v) is 2.65. The summed E-state index contributed by atoms with van der Waals surface area (Å²) < 4.78 is 13.1. The van der Waals surface area contributed by atoms with E-state index in [-0.39, 0.29) is 11.9 Å². The number of pyridine rings is 1. The number of hydrogen-bond donors (Lipinski definition) is 1. The van der Waals surface area contributed by atoms with Crippen LogP contribution in [-0.4, -0.2) is 11.0 Å². The Hall–Kier alpha value is -0.960. The SMILES string of the molecule is CC(NC1CCCCC1C)c1cncc(F)c1. The summed E-state index contributed by atoms with van der Waals surface area (Å²) in [5.41, 5.74) is 0.933. The van der Waals surface area contributed by atoms with Gasteiger partial charge in [0, 0.05) is 18.3 Å². The molecule has 1 N–H and O–H groups in total. The van der Waals surface area contributed by atoms with Crippen molar-refractivity contribution >= 4 is 0 Å². The van der Waals surface area contributed by atoms with Crippen LogP contribution >= 0.6 is 0 Å². The minimum atomic E-state index is -0.257. The molecule has 1 aliphatic carbocycles. The highest BCUT2D eigenvalue weighted by Gasteiger charge is 2.22. The second kappa shape index (κ2) is 5.58. The zero-order valence-electron chi connectivity index (χ0n) is 10.6. The van der Waals surface area contributed by atoms with Gasteiger partial charge in [-0.1, -0.05) is 19.8 Å². The van der Waals surface area contributed by atoms with Crippen LogP contribution in [0, 0.1) is 11.7 Å². The van der Waals surface area contributed by atoms with E-state index < -0.39 is 0 Å². The first-order chi connectivity index (χ1) is 8.16. The minimum absolute atomic E-state index is 0.170. The van der Waals surface area contributed by atoms with Gasteiger partial charge in [-0.15, -0.1) is 0 Å². The first kappa shape index (κ1) is 12.5. The molecule has 0 radical (unpaired) electrons. The Kier molecular flexibility index (Phi) is 4.11. The van der Waals surface area contributed by atoms with E-state index >= 15 is 0 Å². The molecule has 0 aliphatic heterocycles. The number of nitrogens with one attached hydrogen (secondary N) is 1. The normalized spacial score (nSPS) is 26.8. The predicted octanol–water partition coefficient (Wildman–Crippen LogP) is 3.45. The van der Waals surface area contributed by atoms with Crippen LogP contribution in [0.4, 0.5) is 4.39 Å². The maximum Gasteiger partial charge on any atom is 0.141 e. The van der Waals surface area contributed by atoms with Gasteiger partial charge < -0.3 is 5.32 Å². The highest BCUT2D eigenvalue weighted by atomic mass is 19.1. The number of rotatable bonds is 3. The van der Waals surface area contributed by atoms with Gasteiger partial charge in [-0.3, -0.25) is 4.98 Å². The summed E-state index contributed by atoms with van der Waals surface area (Å²) in [4.78, 5) is 3.90. The molecule has 0 bridgehead atoms. The van der Waals surface area contributed by atoms with Crippen molar-refractivity contribution < 1.29 is 4.39 Å². The van der Waals surface area contributed by atoms with Crippen LogP contribution in [0.1, 0.15) is 51.1 Å². The van der Waals surface area contributed by atoms with Crippen molar-refractivity contribution in [2.75, 3.05) is 0 Å². The van der Waals surface area contributed by atoms with Crippen molar-refractivity contribution in [2.45, 2.75) is 51.6 Å². The molecule has 2 rings (SSSR count). The number of nitrogens with zero attached hydrogens (tertiary/aromatic N) is 1. The molecule has 0 saturated heterocycles. The van der Waals surface area contributed by atoms with Crippen molar-refractivity contribution in [1.29, 1.82) is 0 Å². The van der Waals surface area contributed by atoms with E-state index in [4.69, 9.17) is 0 Å². The van der Waals surface area contributed by atoms with Gasteiger partial charge in [0.2, 0.25) is 0 Å². The van der Waals surface area contributed by atoms with Gasteiger partial charge in [0.15, 0.2) is 0 Å². The Morgan fingerprint density at radius 3 is 2.82 bits per heavy atom. The van der Waals surface area contributed by atoms with Crippen molar-refractivity contribution in [3.8, 4) is 0 Å². The van der Waals surface area contributed by atoms with Crippen LogP contribution in [0.3, 0.4) is 0 Å². The van der Waals surface area contributed by atoms with Crippen LogP contribution in [0.15, 0.2) is 18.5 Å². The molecule has 1 aromatic rings. The van der Waals surface area contributed by atoms with E-state index in [1.54, 1.807) is 12.3 Å². The van der Waals surface area contributed by atoms with Crippen molar-refractivity contribution in [2.24, 2.45) is 5.92 Å². The van der Waals surface area contributed by atoms with E-state index in [2.05, 4.69) is 24.1 Å². The van der Waals surface area contributed by atoms with Gasteiger partial charge in [0.1, 0.15) is 5.82 Å². The minimum Gasteiger partial charge on any atom is -0.307 e. The summed E-state index contributed by atoms with van der Waals surface area (Å²) in [5.74, 6) is 0.459. The van der Waals surface area contributed by atoms with Crippen LogP contribution in [0.2, 0.25) is 0 Å². The zero-order chi connectivity index (χ0) is 12.3. The number of hydrogen-bond acceptors (Lipinski definition) is 2. The lowest BCUT2D eigenvalue weighted by Crippen LogP contribution is -2.38. The molecule has 1 heterocycles. The second-order valence-corrected chi connectivity index (χ2v) is 5.19. The lowest BCUT2D eigenvalue weighted by molar-refractivity contribution is 0.263. The highest BCUT2D eigenvalue weighted by molar-refractivity contribution is 5.14. The third kappa shape index (κ3) is 3.25. The molecule has 94 valence electrons. The number of aromatic nitrogens is 1. The molecule has 3 heteroatoms. The molecule has 17 heavy (non-hydrogen) atoms. The Morgan fingerprint density at radius 2 is 2.12 bits per heavy atom. The molecule has 0 amide bonds. The Labute approximate surface area is 103 Å². The molecule has 0 spiro atoms. The van der Waals surface area contributed by atoms with Crippen LogP contribution in [0.25, 0.3) is 0 Å². The van der Waals surface area contributed by atoms with E-state index in [9.17, 15) is 4.39 Å². The van der Waals surface area contributed by atoms with Gasteiger partial charge in [0.05, 0.1) is 6.20 Å². The van der Waals surface area contributed by atoms with Crippen molar-refractivity contribution in [3.63, 3.8) is 0 Å². The third-order valence-corrected chi connectivity index (χ3v) is 3.80. The summed E-state index contributed by atoms with van der Waals surface area (Å²) >= 11 is 0. The van der Waals surface area contributed by atoms with Crippen LogP contribution in [0.5, 0.6) is 0 Å². The first-order valence-electron chi connectivity index (χ1n) is 6.53. The third-order valence-electron chi connectivity index (χ3n) is 3.80. The van der Waals surface area contributed by atoms with Gasteiger partial charge in [0.25, 0.3) is 0 Å². The molecule has 2 nitrogen and oxygen atoms in total. The fourth-order valence-electron chi connectivity index (χ4n) is 2.65. The summed E-state index contributed by atoms with van der Waals surface area (Å²) in [6, 6.07) is 2.30. The van der Waals surface area contributed by atoms with Gasteiger partial charge in [-0.05, 0) is 37.3 Å². The summed E-state index contributed by atoms with van der Waals surface area (Å²) in [6.07, 6.45) is 8.17. The van der Waals surface area contributed by atoms with Crippen LogP contribution < -0.4 is 5.32 Å². The molecule has 3 unspecified atom stereocenters. The molecular formula is C14H21FN2. The van der Waals surface area contributed by atoms with Gasteiger partial charge in [-0.2, -0.15) is 0 Å². The molecule has 1 saturated carbocycles. The van der Waals surface area contributed by atoms with E-state index in [0.29, 0.717) is 12.0 Å². The molecule has 1 aliphatic rings. The van der Waals surface area contributed by atoms with Crippen LogP contribution in [-0.2, 0) is 0 Å². The molecule has 1 fully saturated rings. The highest BCUT2D eigenvalue weighted by Crippen LogP contribution is 2.26. The monoisotopic (exact) mass is 236 g/mol. The van der Waals surface area contributed by atoms with E-state index in [0.717, 1.165) is 5.56 Å². The Balaban J connectivity index is 1.98. The standard InChI is InChI=1S/C14H21FN2/c1-10-5-3-4-6-14(10)17-11(2)12-7-13(15)9-16-8-12/h7-11,14,17H,3-6H2,1-2H3. The van der Waals surface area contributed by atoms with Gasteiger partial charge >= 0.3 is 0 Å². The maximum absolute atomic E-state index is 13.1. The summed E-state index contributed by atoms with van der Waals surface area (Å²) in [7, 11) is 0. The first-order valence-corrected chi connectivity index (χ1v) is 6.53. The van der Waals surface area contributed by atoms with E-state index in [1.165, 1.54) is 31.9 Å². The second-order valence-electron chi connectivity index (χ2n) is 5.19. The van der Waals surface area contributed by atoms with Crippen molar-refractivity contribution in [1.82, 2.24) is 10.3 Å². The average molecular weight is 236 g/mol. The topological polar surface area (TPSA) is 24.9 Å². The lowest BCUT2D eigenvalue weighted by Gasteiger charge is -2.32. The zero-order valence-corrected chi connectivity index (χ0v) is 10.6. The largest absolute Gasteiger partial charge is 0.307 e. The lowest BCUT2D eigenvalue weighted by atomic mass is 9.85. The van der Waals surface area contributed by atoms with Gasteiger partial charge in [-0.25, -0.2) is 4.39 Å². The molecule has 0 aromatic carbocycles. The smallest absolute Gasteiger partial charge is 0.141 e. The maximum atomic E-state index is 13.1.